The van der Waals surface area contributed by atoms with Gasteiger partial charge in [0.2, 0.25) is 11.8 Å². The predicted octanol–water partition coefficient (Wildman–Crippen LogP) is 4.38. The zero-order valence-electron chi connectivity index (χ0n) is 22.5. The van der Waals surface area contributed by atoms with Crippen molar-refractivity contribution in [2.45, 2.75) is 43.4 Å². The van der Waals surface area contributed by atoms with Crippen molar-refractivity contribution in [3.63, 3.8) is 0 Å². The third kappa shape index (κ3) is 5.71. The predicted molar refractivity (Wildman–Crippen MR) is 148 cm³/mol. The van der Waals surface area contributed by atoms with Crippen LogP contribution in [-0.2, 0) is 36.2 Å². The first-order valence-electron chi connectivity index (χ1n) is 12.9. The van der Waals surface area contributed by atoms with Crippen LogP contribution in [-0.4, -0.2) is 75.2 Å². The van der Waals surface area contributed by atoms with Crippen LogP contribution in [0.1, 0.15) is 24.5 Å². The molecule has 3 aliphatic heterocycles. The number of carbonyl (C=O) groups is 4. The molecule has 0 unspecified atom stereocenters. The van der Waals surface area contributed by atoms with Crippen molar-refractivity contribution >= 4 is 52.3 Å². The Labute approximate surface area is 248 Å². The lowest BCUT2D eigenvalue weighted by Crippen LogP contribution is -2.59. The molecule has 4 atom stereocenters. The van der Waals surface area contributed by atoms with Gasteiger partial charge in [0.05, 0.1) is 38.1 Å². The Morgan fingerprint density at radius 1 is 1.10 bits per heavy atom. The summed E-state index contributed by atoms with van der Waals surface area (Å²) < 4.78 is 37.0. The number of carboxylic acid groups (broad SMARTS) is 1. The smallest absolute Gasteiger partial charge is 0.475 e. The number of ether oxygens (including phenoxy) is 1. The summed E-state index contributed by atoms with van der Waals surface area (Å²) in [6, 6.07) is 16.6. The number of likely N-dealkylation sites (tertiary alicyclic amines) is 1. The molecule has 0 saturated carbocycles. The van der Waals surface area contributed by atoms with Crippen LogP contribution in [0.15, 0.2) is 59.6 Å². The summed E-state index contributed by atoms with van der Waals surface area (Å²) in [5.74, 6) is -4.62. The number of hydrogen-bond acceptors (Lipinski definition) is 8. The first kappa shape index (κ1) is 31.4. The normalized spacial score (nSPS) is 24.5. The van der Waals surface area contributed by atoms with E-state index in [0.717, 1.165) is 11.1 Å². The van der Waals surface area contributed by atoms with Gasteiger partial charge in [-0.15, -0.1) is 0 Å². The van der Waals surface area contributed by atoms with Crippen LogP contribution in [0.3, 0.4) is 0 Å². The number of methoxy groups -OCH3 is 1. The van der Waals surface area contributed by atoms with Gasteiger partial charge in [-0.05, 0) is 29.7 Å². The van der Waals surface area contributed by atoms with Crippen LogP contribution < -0.4 is 0 Å². The standard InChI is InChI=1S/C26H26ClN3O4S.C2HF3O2/c1-3-26(24(33)34-2)21-20(22(31)29(23(21)32)14-16-7-5-4-6-8-16)19-13-28-25(30(19)26)35-15-17-9-11-18(27)12-10-17;3-2(4,5)1(6)7/h4-12,19-21H,3,13-15H2,1-2H3;(H,6,7)/t19-,20+,21-,26-;/m1./s1. The summed E-state index contributed by atoms with van der Waals surface area (Å²) >= 11 is 7.50. The second-order valence-corrected chi connectivity index (χ2v) is 11.2. The van der Waals surface area contributed by atoms with E-state index in [1.54, 1.807) is 0 Å². The van der Waals surface area contributed by atoms with Crippen molar-refractivity contribution in [1.29, 1.82) is 0 Å². The van der Waals surface area contributed by atoms with E-state index in [4.69, 9.17) is 31.2 Å². The number of carboxylic acids is 1. The molecule has 42 heavy (non-hydrogen) atoms. The summed E-state index contributed by atoms with van der Waals surface area (Å²) in [5.41, 5.74) is 0.657. The van der Waals surface area contributed by atoms with Gasteiger partial charge in [0.15, 0.2) is 10.7 Å². The highest BCUT2D eigenvalue weighted by molar-refractivity contribution is 8.13. The number of rotatable bonds is 6. The van der Waals surface area contributed by atoms with Crippen LogP contribution in [0.25, 0.3) is 0 Å². The lowest BCUT2D eigenvalue weighted by molar-refractivity contribution is -0.192. The maximum atomic E-state index is 13.8. The van der Waals surface area contributed by atoms with E-state index in [1.807, 2.05) is 66.4 Å². The van der Waals surface area contributed by atoms with E-state index < -0.39 is 35.5 Å². The lowest BCUT2D eigenvalue weighted by Gasteiger charge is -2.39. The second kappa shape index (κ2) is 12.3. The number of thioether (sulfide) groups is 1. The number of hydrogen-bond donors (Lipinski definition) is 1. The van der Waals surface area contributed by atoms with Gasteiger partial charge in [-0.3, -0.25) is 19.5 Å². The number of carbonyl (C=O) groups excluding carboxylic acids is 3. The van der Waals surface area contributed by atoms with Gasteiger partial charge in [-0.1, -0.05) is 72.8 Å². The molecule has 9 nitrogen and oxygen atoms in total. The Morgan fingerprint density at radius 3 is 2.26 bits per heavy atom. The fraction of sp³-hybridized carbons (Fsp3) is 0.393. The van der Waals surface area contributed by atoms with Crippen LogP contribution >= 0.6 is 23.4 Å². The van der Waals surface area contributed by atoms with Crippen molar-refractivity contribution in [3.05, 3.63) is 70.7 Å². The van der Waals surface area contributed by atoms with E-state index >= 15 is 0 Å². The van der Waals surface area contributed by atoms with E-state index in [-0.39, 0.29) is 24.4 Å². The van der Waals surface area contributed by atoms with Gasteiger partial charge in [-0.25, -0.2) is 9.59 Å². The summed E-state index contributed by atoms with van der Waals surface area (Å²) in [4.78, 5) is 57.7. The molecule has 0 bridgehead atoms. The average molecular weight is 626 g/mol. The molecule has 2 saturated heterocycles. The van der Waals surface area contributed by atoms with Gasteiger partial charge in [0, 0.05) is 10.8 Å². The molecule has 5 rings (SSSR count). The number of amidine groups is 1. The number of aliphatic carboxylic acids is 1. The Kier molecular flexibility index (Phi) is 9.21. The van der Waals surface area contributed by atoms with Gasteiger partial charge in [0.1, 0.15) is 0 Å². The highest BCUT2D eigenvalue weighted by Gasteiger charge is 2.73. The molecule has 224 valence electrons. The molecule has 2 fully saturated rings. The molecular weight excluding hydrogens is 599 g/mol. The Hall–Kier alpha value is -3.58. The summed E-state index contributed by atoms with van der Waals surface area (Å²) in [6.45, 7) is 2.42. The average Bonchev–Trinajstić information content (AvgIpc) is 3.58. The number of esters is 1. The number of halogens is 4. The van der Waals surface area contributed by atoms with E-state index in [1.165, 1.54) is 23.8 Å². The molecular formula is C28H27ClF3N3O6S. The van der Waals surface area contributed by atoms with E-state index in [2.05, 4.69) is 0 Å². The van der Waals surface area contributed by atoms with Crippen LogP contribution in [0, 0.1) is 11.8 Å². The Morgan fingerprint density at radius 2 is 1.71 bits per heavy atom. The molecule has 2 amide bonds. The van der Waals surface area contributed by atoms with Crippen LogP contribution in [0.4, 0.5) is 13.2 Å². The number of alkyl halides is 3. The van der Waals surface area contributed by atoms with Crippen LogP contribution in [0.5, 0.6) is 0 Å². The van der Waals surface area contributed by atoms with Crippen molar-refractivity contribution in [2.24, 2.45) is 16.8 Å². The lowest BCUT2D eigenvalue weighted by atomic mass is 9.78. The molecule has 3 aliphatic rings. The fourth-order valence-corrected chi connectivity index (χ4v) is 6.92. The molecule has 1 N–H and O–H groups in total. The first-order valence-corrected chi connectivity index (χ1v) is 14.2. The van der Waals surface area contributed by atoms with E-state index in [9.17, 15) is 27.6 Å². The van der Waals surface area contributed by atoms with Gasteiger partial charge in [0.25, 0.3) is 0 Å². The maximum absolute atomic E-state index is 13.8. The molecule has 2 aromatic carbocycles. The molecule has 0 aromatic heterocycles. The molecule has 14 heteroatoms. The van der Waals surface area contributed by atoms with Gasteiger partial charge in [-0.2, -0.15) is 13.2 Å². The highest BCUT2D eigenvalue weighted by Crippen LogP contribution is 2.54. The zero-order valence-corrected chi connectivity index (χ0v) is 24.1. The van der Waals surface area contributed by atoms with Crippen molar-refractivity contribution in [3.8, 4) is 0 Å². The summed E-state index contributed by atoms with van der Waals surface area (Å²) in [5, 5.41) is 8.46. The van der Waals surface area contributed by atoms with E-state index in [0.29, 0.717) is 28.9 Å². The summed E-state index contributed by atoms with van der Waals surface area (Å²) in [6.07, 6.45) is -4.75. The number of fused-ring (bicyclic) bond motifs is 3. The topological polar surface area (TPSA) is 117 Å². The monoisotopic (exact) mass is 625 g/mol. The summed E-state index contributed by atoms with van der Waals surface area (Å²) in [7, 11) is 1.33. The Bertz CT molecular complexity index is 1390. The van der Waals surface area contributed by atoms with Gasteiger partial charge < -0.3 is 14.7 Å². The zero-order chi connectivity index (χ0) is 30.8. The quantitative estimate of drug-likeness (QED) is 0.371. The van der Waals surface area contributed by atoms with Crippen LogP contribution in [0.2, 0.25) is 5.02 Å². The number of nitrogens with zero attached hydrogens (tertiary/aromatic N) is 3. The molecule has 0 radical (unpaired) electrons. The fourth-order valence-electron chi connectivity index (χ4n) is 5.70. The SMILES string of the molecule is CC[C@]1(C(=O)OC)[C@H]2C(=O)N(Cc3ccccc3)C(=O)[C@H]2[C@H]2CN=C(SCc3ccc(Cl)cc3)N21.O=C(O)C(F)(F)F. The molecule has 0 spiro atoms. The number of imide groups is 1. The number of benzene rings is 2. The molecule has 0 aliphatic carbocycles. The minimum Gasteiger partial charge on any atom is -0.475 e. The third-order valence-corrected chi connectivity index (χ3v) is 8.85. The number of aliphatic imine (C=N–C) groups is 1. The Balaban J connectivity index is 0.000000517. The minimum atomic E-state index is -5.08. The maximum Gasteiger partial charge on any atom is 0.490 e. The van der Waals surface area contributed by atoms with Crippen molar-refractivity contribution < 1.29 is 42.2 Å². The molecule has 3 heterocycles. The highest BCUT2D eigenvalue weighted by atomic mass is 35.5. The minimum absolute atomic E-state index is 0.193. The largest absolute Gasteiger partial charge is 0.490 e. The first-order chi connectivity index (χ1) is 19.9. The third-order valence-electron chi connectivity index (χ3n) is 7.54. The molecule has 2 aromatic rings. The van der Waals surface area contributed by atoms with Crippen molar-refractivity contribution in [2.75, 3.05) is 13.7 Å². The number of amides is 2. The second-order valence-electron chi connectivity index (χ2n) is 9.80. The van der Waals surface area contributed by atoms with Crippen molar-refractivity contribution in [1.82, 2.24) is 9.80 Å². The van der Waals surface area contributed by atoms with Gasteiger partial charge >= 0.3 is 18.1 Å².